The summed E-state index contributed by atoms with van der Waals surface area (Å²) in [5.41, 5.74) is 0. The van der Waals surface area contributed by atoms with Crippen molar-refractivity contribution in [1.82, 2.24) is 9.97 Å². The van der Waals surface area contributed by atoms with Crippen LogP contribution in [0.5, 0.6) is 0 Å². The van der Waals surface area contributed by atoms with Crippen LogP contribution in [0.2, 0.25) is 0 Å². The van der Waals surface area contributed by atoms with E-state index in [-0.39, 0.29) is 5.78 Å². The van der Waals surface area contributed by atoms with E-state index in [9.17, 15) is 4.79 Å². The molecule has 0 spiro atoms. The lowest BCUT2D eigenvalue weighted by Gasteiger charge is -2.12. The highest BCUT2D eigenvalue weighted by molar-refractivity contribution is 5.86. The van der Waals surface area contributed by atoms with E-state index in [1.165, 1.54) is 0 Å². The van der Waals surface area contributed by atoms with Crippen molar-refractivity contribution in [2.45, 2.75) is 6.42 Å². The molecule has 12 heavy (non-hydrogen) atoms. The molecule has 4 heteroatoms. The van der Waals surface area contributed by atoms with Crippen molar-refractivity contribution in [3.8, 4) is 0 Å². The van der Waals surface area contributed by atoms with Crippen LogP contribution in [0, 0.1) is 0 Å². The standard InChI is InChI=1S/C8H9N3O/c12-7-2-5-11(6-7)8-9-3-1-4-10-8/h1,3-4H,2,5-6H2. The van der Waals surface area contributed by atoms with E-state index >= 15 is 0 Å². The van der Waals surface area contributed by atoms with Gasteiger partial charge in [0.25, 0.3) is 0 Å². The van der Waals surface area contributed by atoms with Gasteiger partial charge in [0.05, 0.1) is 6.54 Å². The van der Waals surface area contributed by atoms with Crippen LogP contribution in [-0.2, 0) is 4.79 Å². The number of hydrogen-bond donors (Lipinski definition) is 0. The van der Waals surface area contributed by atoms with E-state index in [4.69, 9.17) is 0 Å². The van der Waals surface area contributed by atoms with E-state index in [0.717, 1.165) is 6.54 Å². The van der Waals surface area contributed by atoms with Crippen LogP contribution in [0.25, 0.3) is 0 Å². The monoisotopic (exact) mass is 163 g/mol. The molecular formula is C8H9N3O. The molecule has 2 rings (SSSR count). The summed E-state index contributed by atoms with van der Waals surface area (Å²) in [6.07, 6.45) is 3.99. The molecule has 4 nitrogen and oxygen atoms in total. The van der Waals surface area contributed by atoms with Gasteiger partial charge in [-0.25, -0.2) is 9.97 Å². The SMILES string of the molecule is O=C1CCN(c2ncccn2)C1. The largest absolute Gasteiger partial charge is 0.333 e. The second kappa shape index (κ2) is 2.89. The van der Waals surface area contributed by atoms with Crippen molar-refractivity contribution in [2.24, 2.45) is 0 Å². The number of aromatic nitrogens is 2. The van der Waals surface area contributed by atoms with Crippen LogP contribution in [0.4, 0.5) is 5.95 Å². The van der Waals surface area contributed by atoms with Gasteiger partial charge in [0.15, 0.2) is 5.78 Å². The third-order valence-corrected chi connectivity index (χ3v) is 1.86. The zero-order valence-electron chi connectivity index (χ0n) is 6.60. The fourth-order valence-electron chi connectivity index (χ4n) is 1.26. The van der Waals surface area contributed by atoms with Crippen molar-refractivity contribution in [2.75, 3.05) is 18.0 Å². The lowest BCUT2D eigenvalue weighted by Crippen LogP contribution is -2.21. The van der Waals surface area contributed by atoms with Gasteiger partial charge in [0.1, 0.15) is 0 Å². The Morgan fingerprint density at radius 3 is 2.67 bits per heavy atom. The summed E-state index contributed by atoms with van der Waals surface area (Å²) in [4.78, 5) is 20.9. The van der Waals surface area contributed by atoms with E-state index in [2.05, 4.69) is 9.97 Å². The summed E-state index contributed by atoms with van der Waals surface area (Å²) >= 11 is 0. The normalized spacial score (nSPS) is 17.0. The van der Waals surface area contributed by atoms with Gasteiger partial charge in [-0.2, -0.15) is 0 Å². The fraction of sp³-hybridized carbons (Fsp3) is 0.375. The molecule has 1 saturated heterocycles. The van der Waals surface area contributed by atoms with Crippen LogP contribution in [0.3, 0.4) is 0 Å². The maximum atomic E-state index is 10.9. The molecule has 1 fully saturated rings. The average Bonchev–Trinajstić information content (AvgIpc) is 2.54. The first kappa shape index (κ1) is 7.21. The lowest BCUT2D eigenvalue weighted by atomic mass is 10.4. The summed E-state index contributed by atoms with van der Waals surface area (Å²) < 4.78 is 0. The van der Waals surface area contributed by atoms with Gasteiger partial charge in [0.2, 0.25) is 5.95 Å². The summed E-state index contributed by atoms with van der Waals surface area (Å²) in [5.74, 6) is 0.922. The number of rotatable bonds is 1. The van der Waals surface area contributed by atoms with Gasteiger partial charge in [0, 0.05) is 25.4 Å². The molecule has 1 aliphatic heterocycles. The highest BCUT2D eigenvalue weighted by Crippen LogP contribution is 2.11. The molecule has 0 amide bonds. The molecule has 0 atom stereocenters. The van der Waals surface area contributed by atoms with E-state index in [1.807, 2.05) is 4.90 Å². The summed E-state index contributed by atoms with van der Waals surface area (Å²) in [5, 5.41) is 0. The van der Waals surface area contributed by atoms with Gasteiger partial charge in [-0.1, -0.05) is 0 Å². The highest BCUT2D eigenvalue weighted by atomic mass is 16.1. The van der Waals surface area contributed by atoms with E-state index in [0.29, 0.717) is 18.9 Å². The summed E-state index contributed by atoms with van der Waals surface area (Å²) in [7, 11) is 0. The number of hydrogen-bond acceptors (Lipinski definition) is 4. The Balaban J connectivity index is 2.16. The Labute approximate surface area is 70.2 Å². The number of Topliss-reactive ketones (excluding diaryl/α,β-unsaturated/α-hetero) is 1. The van der Waals surface area contributed by atoms with Crippen molar-refractivity contribution in [3.63, 3.8) is 0 Å². The van der Waals surface area contributed by atoms with Crippen LogP contribution >= 0.6 is 0 Å². The molecule has 1 aromatic rings. The molecule has 0 radical (unpaired) electrons. The third-order valence-electron chi connectivity index (χ3n) is 1.86. The predicted octanol–water partition coefficient (Wildman–Crippen LogP) is 0.256. The topological polar surface area (TPSA) is 46.1 Å². The summed E-state index contributed by atoms with van der Waals surface area (Å²) in [6, 6.07) is 1.77. The molecule has 0 N–H and O–H groups in total. The minimum absolute atomic E-state index is 0.266. The minimum Gasteiger partial charge on any atom is -0.333 e. The zero-order valence-corrected chi connectivity index (χ0v) is 6.60. The smallest absolute Gasteiger partial charge is 0.225 e. The zero-order chi connectivity index (χ0) is 8.39. The molecule has 0 unspecified atom stereocenters. The molecule has 62 valence electrons. The number of nitrogens with zero attached hydrogens (tertiary/aromatic N) is 3. The molecule has 0 aliphatic carbocycles. The molecule has 2 heterocycles. The maximum absolute atomic E-state index is 10.9. The minimum atomic E-state index is 0.266. The fourth-order valence-corrected chi connectivity index (χ4v) is 1.26. The van der Waals surface area contributed by atoms with Crippen LogP contribution in [-0.4, -0.2) is 28.8 Å². The number of ketones is 1. The first-order valence-corrected chi connectivity index (χ1v) is 3.90. The number of carbonyl (C=O) groups excluding carboxylic acids is 1. The van der Waals surface area contributed by atoms with Gasteiger partial charge >= 0.3 is 0 Å². The van der Waals surface area contributed by atoms with Gasteiger partial charge < -0.3 is 4.90 Å². The second-order valence-corrected chi connectivity index (χ2v) is 2.76. The Hall–Kier alpha value is -1.45. The van der Waals surface area contributed by atoms with Crippen molar-refractivity contribution < 1.29 is 4.79 Å². The van der Waals surface area contributed by atoms with Crippen LogP contribution in [0.15, 0.2) is 18.5 Å². The quantitative estimate of drug-likeness (QED) is 0.595. The molecule has 1 aliphatic rings. The number of carbonyl (C=O) groups is 1. The van der Waals surface area contributed by atoms with Gasteiger partial charge in [-0.05, 0) is 6.07 Å². The van der Waals surface area contributed by atoms with Crippen molar-refractivity contribution in [3.05, 3.63) is 18.5 Å². The molecule has 1 aromatic heterocycles. The third kappa shape index (κ3) is 1.28. The van der Waals surface area contributed by atoms with Crippen molar-refractivity contribution in [1.29, 1.82) is 0 Å². The molecule has 0 saturated carbocycles. The highest BCUT2D eigenvalue weighted by Gasteiger charge is 2.20. The Morgan fingerprint density at radius 2 is 2.08 bits per heavy atom. The average molecular weight is 163 g/mol. The van der Waals surface area contributed by atoms with E-state index in [1.54, 1.807) is 18.5 Å². The van der Waals surface area contributed by atoms with Gasteiger partial charge in [-0.15, -0.1) is 0 Å². The Morgan fingerprint density at radius 1 is 1.33 bits per heavy atom. The molecule has 0 aromatic carbocycles. The van der Waals surface area contributed by atoms with Crippen LogP contribution in [0.1, 0.15) is 6.42 Å². The summed E-state index contributed by atoms with van der Waals surface area (Å²) in [6.45, 7) is 1.22. The van der Waals surface area contributed by atoms with Crippen molar-refractivity contribution >= 4 is 11.7 Å². The van der Waals surface area contributed by atoms with E-state index < -0.39 is 0 Å². The first-order valence-electron chi connectivity index (χ1n) is 3.90. The Kier molecular flexibility index (Phi) is 1.74. The second-order valence-electron chi connectivity index (χ2n) is 2.76. The maximum Gasteiger partial charge on any atom is 0.225 e. The first-order chi connectivity index (χ1) is 5.86. The van der Waals surface area contributed by atoms with Gasteiger partial charge in [-0.3, -0.25) is 4.79 Å². The van der Waals surface area contributed by atoms with Crippen LogP contribution < -0.4 is 4.90 Å². The number of anilines is 1. The molecular weight excluding hydrogens is 154 g/mol. The molecule has 0 bridgehead atoms. The lowest BCUT2D eigenvalue weighted by molar-refractivity contribution is -0.116. The predicted molar refractivity (Wildman–Crippen MR) is 43.9 cm³/mol. The Bertz CT molecular complexity index is 286.